The first-order chi connectivity index (χ1) is 10.6. The van der Waals surface area contributed by atoms with Crippen molar-refractivity contribution in [1.82, 2.24) is 15.0 Å². The Hall–Kier alpha value is -2.83. The predicted molar refractivity (Wildman–Crippen MR) is 78.8 cm³/mol. The lowest BCUT2D eigenvalue weighted by atomic mass is 10.2. The minimum absolute atomic E-state index is 0.267. The van der Waals surface area contributed by atoms with Crippen LogP contribution in [-0.2, 0) is 6.54 Å². The highest BCUT2D eigenvalue weighted by atomic mass is 16.5. The van der Waals surface area contributed by atoms with Crippen LogP contribution in [-0.4, -0.2) is 22.2 Å². The largest absolute Gasteiger partial charge is 0.420 e. The fourth-order valence-electron chi connectivity index (χ4n) is 2.40. The first-order valence-electron chi connectivity index (χ1n) is 6.87. The number of oxazole rings is 1. The topological polar surface area (TPSA) is 90.3 Å². The maximum absolute atomic E-state index is 12.1. The molecule has 1 N–H and O–H groups in total. The van der Waals surface area contributed by atoms with Gasteiger partial charge in [-0.1, -0.05) is 17.3 Å². The molecule has 3 rings (SSSR count). The Kier molecular flexibility index (Phi) is 3.54. The van der Waals surface area contributed by atoms with Crippen LogP contribution in [0.1, 0.15) is 21.8 Å². The van der Waals surface area contributed by atoms with Crippen LogP contribution in [0.15, 0.2) is 38.0 Å². The van der Waals surface area contributed by atoms with E-state index in [2.05, 4.69) is 10.5 Å². The van der Waals surface area contributed by atoms with Gasteiger partial charge in [0, 0.05) is 13.1 Å². The van der Waals surface area contributed by atoms with Crippen LogP contribution < -0.4 is 11.1 Å². The number of para-hydroxylation sites is 2. The Labute approximate surface area is 125 Å². The van der Waals surface area contributed by atoms with Crippen molar-refractivity contribution in [1.29, 1.82) is 0 Å². The number of amides is 1. The first-order valence-corrected chi connectivity index (χ1v) is 6.87. The number of nitrogens with one attached hydrogen (secondary N) is 1. The molecule has 7 nitrogen and oxygen atoms in total. The second kappa shape index (κ2) is 5.51. The maximum atomic E-state index is 12.1. The number of rotatable bonds is 4. The van der Waals surface area contributed by atoms with Crippen molar-refractivity contribution in [2.45, 2.75) is 20.4 Å². The molecule has 0 aliphatic carbocycles. The molecule has 2 heterocycles. The standard InChI is InChI=1S/C15H15N3O4/c1-9-13(10(2)22-17-9)14(19)16-7-8-18-11-5-3-4-6-12(11)21-15(18)20/h3-6H,7-8H2,1-2H3,(H,16,19). The molecule has 1 aromatic carbocycles. The number of aryl methyl sites for hydroxylation is 2. The Morgan fingerprint density at radius 3 is 2.82 bits per heavy atom. The molecule has 0 unspecified atom stereocenters. The lowest BCUT2D eigenvalue weighted by molar-refractivity contribution is 0.0950. The lowest BCUT2D eigenvalue weighted by Crippen LogP contribution is -2.30. The van der Waals surface area contributed by atoms with E-state index in [0.717, 1.165) is 0 Å². The number of aromatic nitrogens is 2. The van der Waals surface area contributed by atoms with Crippen molar-refractivity contribution in [3.8, 4) is 0 Å². The zero-order chi connectivity index (χ0) is 15.7. The van der Waals surface area contributed by atoms with Crippen LogP contribution in [0.3, 0.4) is 0 Å². The fraction of sp³-hybridized carbons (Fsp3) is 0.267. The summed E-state index contributed by atoms with van der Waals surface area (Å²) in [7, 11) is 0. The molecule has 2 aromatic heterocycles. The van der Waals surface area contributed by atoms with Gasteiger partial charge in [-0.15, -0.1) is 0 Å². The number of hydrogen-bond acceptors (Lipinski definition) is 5. The van der Waals surface area contributed by atoms with Crippen LogP contribution >= 0.6 is 0 Å². The van der Waals surface area contributed by atoms with Gasteiger partial charge in [0.1, 0.15) is 11.3 Å². The van der Waals surface area contributed by atoms with Gasteiger partial charge in [0.2, 0.25) is 0 Å². The highest BCUT2D eigenvalue weighted by molar-refractivity contribution is 5.96. The number of hydrogen-bond donors (Lipinski definition) is 1. The van der Waals surface area contributed by atoms with Crippen LogP contribution in [0.25, 0.3) is 11.1 Å². The molecule has 22 heavy (non-hydrogen) atoms. The Morgan fingerprint density at radius 1 is 1.32 bits per heavy atom. The molecule has 7 heteroatoms. The summed E-state index contributed by atoms with van der Waals surface area (Å²) in [6, 6.07) is 7.16. The molecule has 0 atom stereocenters. The predicted octanol–water partition coefficient (Wildman–Crippen LogP) is 1.63. The second-order valence-electron chi connectivity index (χ2n) is 4.94. The van der Waals surface area contributed by atoms with Gasteiger partial charge in [0.15, 0.2) is 5.58 Å². The molecule has 0 saturated heterocycles. The van der Waals surface area contributed by atoms with E-state index < -0.39 is 5.76 Å². The monoisotopic (exact) mass is 301 g/mol. The van der Waals surface area contributed by atoms with Crippen LogP contribution in [0.2, 0.25) is 0 Å². The van der Waals surface area contributed by atoms with Crippen molar-refractivity contribution in [2.75, 3.05) is 6.54 Å². The molecule has 0 spiro atoms. The smallest absolute Gasteiger partial charge is 0.408 e. The summed E-state index contributed by atoms with van der Waals surface area (Å²) in [5.74, 6) is -0.231. The van der Waals surface area contributed by atoms with Crippen molar-refractivity contribution in [3.63, 3.8) is 0 Å². The highest BCUT2D eigenvalue weighted by Gasteiger charge is 2.17. The van der Waals surface area contributed by atoms with E-state index in [1.165, 1.54) is 4.57 Å². The SMILES string of the molecule is Cc1noc(C)c1C(=O)NCCn1c(=O)oc2ccccc21. The van der Waals surface area contributed by atoms with E-state index in [4.69, 9.17) is 8.94 Å². The molecule has 0 bridgehead atoms. The number of nitrogens with zero attached hydrogens (tertiary/aromatic N) is 2. The third kappa shape index (κ3) is 2.41. The van der Waals surface area contributed by atoms with E-state index in [-0.39, 0.29) is 5.91 Å². The average Bonchev–Trinajstić information content (AvgIpc) is 2.99. The maximum Gasteiger partial charge on any atom is 0.420 e. The van der Waals surface area contributed by atoms with Crippen molar-refractivity contribution >= 4 is 17.0 Å². The van der Waals surface area contributed by atoms with Crippen molar-refractivity contribution < 1.29 is 13.7 Å². The Balaban J connectivity index is 1.72. The summed E-state index contributed by atoms with van der Waals surface area (Å²) in [4.78, 5) is 23.9. The second-order valence-corrected chi connectivity index (χ2v) is 4.94. The number of carbonyl (C=O) groups is 1. The molecular formula is C15H15N3O4. The van der Waals surface area contributed by atoms with Crippen LogP contribution in [0, 0.1) is 13.8 Å². The summed E-state index contributed by atoms with van der Waals surface area (Å²) in [5, 5.41) is 6.50. The molecular weight excluding hydrogens is 286 g/mol. The quantitative estimate of drug-likeness (QED) is 0.791. The van der Waals surface area contributed by atoms with Crippen molar-refractivity contribution in [2.24, 2.45) is 0 Å². The minimum atomic E-state index is -0.437. The minimum Gasteiger partial charge on any atom is -0.408 e. The van der Waals surface area contributed by atoms with E-state index >= 15 is 0 Å². The summed E-state index contributed by atoms with van der Waals surface area (Å²) >= 11 is 0. The highest BCUT2D eigenvalue weighted by Crippen LogP contribution is 2.12. The van der Waals surface area contributed by atoms with Gasteiger partial charge < -0.3 is 14.3 Å². The first kappa shape index (κ1) is 14.1. The number of carbonyl (C=O) groups excluding carboxylic acids is 1. The van der Waals surface area contributed by atoms with Gasteiger partial charge in [-0.3, -0.25) is 9.36 Å². The average molecular weight is 301 g/mol. The molecule has 0 radical (unpaired) electrons. The summed E-state index contributed by atoms with van der Waals surface area (Å²) in [5.41, 5.74) is 2.22. The molecule has 114 valence electrons. The molecule has 0 aliphatic rings. The molecule has 0 aliphatic heterocycles. The molecule has 3 aromatic rings. The summed E-state index contributed by atoms with van der Waals surface area (Å²) in [6.07, 6.45) is 0. The number of benzene rings is 1. The van der Waals surface area contributed by atoms with Crippen LogP contribution in [0.5, 0.6) is 0 Å². The van der Waals surface area contributed by atoms with Gasteiger partial charge in [0.05, 0.1) is 11.2 Å². The fourth-order valence-corrected chi connectivity index (χ4v) is 2.40. The lowest BCUT2D eigenvalue weighted by Gasteiger charge is -2.05. The van der Waals surface area contributed by atoms with E-state index in [1.807, 2.05) is 6.07 Å². The Morgan fingerprint density at radius 2 is 2.09 bits per heavy atom. The third-order valence-electron chi connectivity index (χ3n) is 3.46. The summed E-state index contributed by atoms with van der Waals surface area (Å²) < 4.78 is 11.6. The summed E-state index contributed by atoms with van der Waals surface area (Å²) in [6.45, 7) is 4.01. The van der Waals surface area contributed by atoms with Crippen LogP contribution in [0.4, 0.5) is 0 Å². The normalized spacial score (nSPS) is 11.0. The van der Waals surface area contributed by atoms with Gasteiger partial charge >= 0.3 is 5.76 Å². The van der Waals surface area contributed by atoms with E-state index in [9.17, 15) is 9.59 Å². The zero-order valence-electron chi connectivity index (χ0n) is 12.3. The van der Waals surface area contributed by atoms with E-state index in [1.54, 1.807) is 32.0 Å². The molecule has 0 fully saturated rings. The van der Waals surface area contributed by atoms with Gasteiger partial charge in [-0.25, -0.2) is 4.79 Å². The third-order valence-corrected chi connectivity index (χ3v) is 3.46. The van der Waals surface area contributed by atoms with Gasteiger partial charge in [0.25, 0.3) is 5.91 Å². The molecule has 0 saturated carbocycles. The van der Waals surface area contributed by atoms with Crippen molar-refractivity contribution in [3.05, 3.63) is 51.8 Å². The van der Waals surface area contributed by atoms with Gasteiger partial charge in [-0.05, 0) is 26.0 Å². The number of fused-ring (bicyclic) bond motifs is 1. The van der Waals surface area contributed by atoms with E-state index in [0.29, 0.717) is 41.2 Å². The molecule has 1 amide bonds. The zero-order valence-corrected chi connectivity index (χ0v) is 12.3. The Bertz CT molecular complexity index is 868. The van der Waals surface area contributed by atoms with Gasteiger partial charge in [-0.2, -0.15) is 0 Å².